The average Bonchev–Trinajstić information content (AvgIpc) is 2.57. The van der Waals surface area contributed by atoms with E-state index in [0.29, 0.717) is 22.9 Å². The molecule has 0 saturated heterocycles. The van der Waals surface area contributed by atoms with Crippen LogP contribution in [0.5, 0.6) is 11.5 Å². The molecule has 1 atom stereocenters. The van der Waals surface area contributed by atoms with Crippen LogP contribution in [0.4, 0.5) is 11.4 Å². The zero-order valence-electron chi connectivity index (χ0n) is 13.0. The summed E-state index contributed by atoms with van der Waals surface area (Å²) >= 11 is 0. The maximum atomic E-state index is 11.9. The summed E-state index contributed by atoms with van der Waals surface area (Å²) in [4.78, 5) is 23.6. The Morgan fingerprint density at radius 1 is 0.833 bits per heavy atom. The first-order valence-electron chi connectivity index (χ1n) is 7.33. The number of ether oxygens (including phenoxy) is 2. The Hall–Kier alpha value is -3.06. The van der Waals surface area contributed by atoms with Crippen molar-refractivity contribution in [2.45, 2.75) is 18.9 Å². The zero-order chi connectivity index (χ0) is 17.5. The van der Waals surface area contributed by atoms with E-state index >= 15 is 0 Å². The van der Waals surface area contributed by atoms with Crippen molar-refractivity contribution in [1.29, 1.82) is 0 Å². The monoisotopic (exact) mass is 329 g/mol. The third kappa shape index (κ3) is 5.29. The van der Waals surface area contributed by atoms with Crippen molar-refractivity contribution < 1.29 is 19.1 Å². The van der Waals surface area contributed by atoms with Gasteiger partial charge in [-0.15, -0.1) is 0 Å². The number of hydrogen-bond acceptors (Lipinski definition) is 7. The molecule has 0 aliphatic heterocycles. The Labute approximate surface area is 139 Å². The molecule has 0 heterocycles. The first-order chi connectivity index (χ1) is 11.4. The van der Waals surface area contributed by atoms with Gasteiger partial charge < -0.3 is 26.7 Å². The Morgan fingerprint density at radius 3 is 1.79 bits per heavy atom. The molecule has 0 radical (unpaired) electrons. The first-order valence-corrected chi connectivity index (χ1v) is 7.33. The lowest BCUT2D eigenvalue weighted by Crippen LogP contribution is -2.35. The summed E-state index contributed by atoms with van der Waals surface area (Å²) in [5.41, 5.74) is 18.0. The van der Waals surface area contributed by atoms with Gasteiger partial charge in [-0.2, -0.15) is 0 Å². The Kier molecular flexibility index (Phi) is 5.75. The Balaban J connectivity index is 1.77. The van der Waals surface area contributed by atoms with Crippen molar-refractivity contribution in [1.82, 2.24) is 0 Å². The Morgan fingerprint density at radius 2 is 1.29 bits per heavy atom. The molecule has 2 rings (SSSR count). The van der Waals surface area contributed by atoms with Gasteiger partial charge in [0.1, 0.15) is 17.5 Å². The number of hydrogen-bond donors (Lipinski definition) is 3. The van der Waals surface area contributed by atoms with Crippen LogP contribution in [0, 0.1) is 0 Å². The highest BCUT2D eigenvalue weighted by molar-refractivity contribution is 5.79. The number of esters is 2. The highest BCUT2D eigenvalue weighted by Crippen LogP contribution is 2.16. The molecule has 0 fully saturated rings. The van der Waals surface area contributed by atoms with Gasteiger partial charge in [-0.1, -0.05) is 0 Å². The summed E-state index contributed by atoms with van der Waals surface area (Å²) in [6, 6.07) is 11.8. The van der Waals surface area contributed by atoms with Crippen LogP contribution >= 0.6 is 0 Å². The van der Waals surface area contributed by atoms with Crippen molar-refractivity contribution in [3.05, 3.63) is 48.5 Å². The summed E-state index contributed by atoms with van der Waals surface area (Å²) in [5, 5.41) is 0. The average molecular weight is 329 g/mol. The maximum absolute atomic E-state index is 11.9. The largest absolute Gasteiger partial charge is 0.427 e. The number of anilines is 2. The molecular weight excluding hydrogens is 310 g/mol. The summed E-state index contributed by atoms with van der Waals surface area (Å²) in [6.45, 7) is 0. The van der Waals surface area contributed by atoms with E-state index in [-0.39, 0.29) is 12.8 Å². The third-order valence-corrected chi connectivity index (χ3v) is 3.17. The van der Waals surface area contributed by atoms with E-state index < -0.39 is 18.0 Å². The molecule has 0 aliphatic carbocycles. The molecule has 2 aromatic carbocycles. The SMILES string of the molecule is Nc1ccc(OC(=O)CC[C@H](N)C(=O)Oc2ccc(N)cc2)cc1. The number of carbonyl (C=O) groups is 2. The molecular formula is C17H19N3O4. The minimum absolute atomic E-state index is 0.0115. The first kappa shape index (κ1) is 17.3. The van der Waals surface area contributed by atoms with E-state index in [2.05, 4.69) is 0 Å². The van der Waals surface area contributed by atoms with Gasteiger partial charge in [0, 0.05) is 17.8 Å². The molecule has 0 aromatic heterocycles. The number of nitrogen functional groups attached to an aromatic ring is 2. The fraction of sp³-hybridized carbons (Fsp3) is 0.176. The topological polar surface area (TPSA) is 131 Å². The minimum atomic E-state index is -0.929. The van der Waals surface area contributed by atoms with Gasteiger partial charge in [-0.05, 0) is 55.0 Å². The second-order valence-corrected chi connectivity index (χ2v) is 5.18. The minimum Gasteiger partial charge on any atom is -0.427 e. The molecule has 0 saturated carbocycles. The van der Waals surface area contributed by atoms with Crippen LogP contribution < -0.4 is 26.7 Å². The number of rotatable bonds is 6. The van der Waals surface area contributed by atoms with Crippen LogP contribution in [-0.2, 0) is 9.59 Å². The fourth-order valence-electron chi connectivity index (χ4n) is 1.84. The molecule has 6 N–H and O–H groups in total. The molecule has 0 spiro atoms. The van der Waals surface area contributed by atoms with E-state index in [9.17, 15) is 9.59 Å². The lowest BCUT2D eigenvalue weighted by Gasteiger charge is -2.11. The van der Waals surface area contributed by atoms with Crippen molar-refractivity contribution in [3.63, 3.8) is 0 Å². The number of carbonyl (C=O) groups excluding carboxylic acids is 2. The van der Waals surface area contributed by atoms with E-state index in [1.54, 1.807) is 48.5 Å². The number of nitrogens with two attached hydrogens (primary N) is 3. The van der Waals surface area contributed by atoms with Gasteiger partial charge in [0.25, 0.3) is 0 Å². The summed E-state index contributed by atoms with van der Waals surface area (Å²) < 4.78 is 10.2. The molecule has 24 heavy (non-hydrogen) atoms. The normalized spacial score (nSPS) is 11.5. The molecule has 0 bridgehead atoms. The van der Waals surface area contributed by atoms with Crippen molar-refractivity contribution >= 4 is 23.3 Å². The molecule has 0 amide bonds. The summed E-state index contributed by atoms with van der Waals surface area (Å²) in [7, 11) is 0. The van der Waals surface area contributed by atoms with E-state index in [4.69, 9.17) is 26.7 Å². The lowest BCUT2D eigenvalue weighted by molar-refractivity contribution is -0.137. The van der Waals surface area contributed by atoms with E-state index in [1.165, 1.54) is 0 Å². The predicted molar refractivity (Wildman–Crippen MR) is 90.2 cm³/mol. The predicted octanol–water partition coefficient (Wildman–Crippen LogP) is 1.47. The van der Waals surface area contributed by atoms with Gasteiger partial charge in [0.15, 0.2) is 0 Å². The van der Waals surface area contributed by atoms with Gasteiger partial charge in [0.2, 0.25) is 0 Å². The van der Waals surface area contributed by atoms with Crippen LogP contribution in [0.3, 0.4) is 0 Å². The molecule has 2 aromatic rings. The standard InChI is InChI=1S/C17H19N3O4/c18-11-1-5-13(6-2-11)23-16(21)10-9-15(20)17(22)24-14-7-3-12(19)4-8-14/h1-8,15H,9-10,18-20H2/t15-/m0/s1. The molecule has 126 valence electrons. The smallest absolute Gasteiger partial charge is 0.328 e. The number of benzene rings is 2. The summed E-state index contributed by atoms with van der Waals surface area (Å²) in [5.74, 6) is -0.392. The zero-order valence-corrected chi connectivity index (χ0v) is 13.0. The van der Waals surface area contributed by atoms with Crippen LogP contribution in [-0.4, -0.2) is 18.0 Å². The molecule has 7 heteroatoms. The quantitative estimate of drug-likeness (QED) is 0.415. The maximum Gasteiger partial charge on any atom is 0.328 e. The lowest BCUT2D eigenvalue weighted by atomic mass is 10.2. The van der Waals surface area contributed by atoms with Crippen molar-refractivity contribution in [2.75, 3.05) is 11.5 Å². The Bertz CT molecular complexity index is 699. The van der Waals surface area contributed by atoms with Gasteiger partial charge in [-0.3, -0.25) is 4.79 Å². The van der Waals surface area contributed by atoms with Gasteiger partial charge in [-0.25, -0.2) is 4.79 Å². The van der Waals surface area contributed by atoms with Gasteiger partial charge >= 0.3 is 11.9 Å². The fourth-order valence-corrected chi connectivity index (χ4v) is 1.84. The van der Waals surface area contributed by atoms with E-state index in [1.807, 2.05) is 0 Å². The van der Waals surface area contributed by atoms with Crippen LogP contribution in [0.25, 0.3) is 0 Å². The van der Waals surface area contributed by atoms with Crippen LogP contribution in [0.15, 0.2) is 48.5 Å². The van der Waals surface area contributed by atoms with Gasteiger partial charge in [0.05, 0.1) is 0 Å². The summed E-state index contributed by atoms with van der Waals surface area (Å²) in [6.07, 6.45) is 0.101. The van der Waals surface area contributed by atoms with E-state index in [0.717, 1.165) is 0 Å². The third-order valence-electron chi connectivity index (χ3n) is 3.17. The van der Waals surface area contributed by atoms with Crippen molar-refractivity contribution in [2.24, 2.45) is 5.73 Å². The molecule has 7 nitrogen and oxygen atoms in total. The van der Waals surface area contributed by atoms with Crippen molar-refractivity contribution in [3.8, 4) is 11.5 Å². The van der Waals surface area contributed by atoms with Crippen LogP contribution in [0.1, 0.15) is 12.8 Å². The second-order valence-electron chi connectivity index (χ2n) is 5.18. The second kappa shape index (κ2) is 7.98. The highest BCUT2D eigenvalue weighted by Gasteiger charge is 2.18. The van der Waals surface area contributed by atoms with Crippen LogP contribution in [0.2, 0.25) is 0 Å². The highest BCUT2D eigenvalue weighted by atomic mass is 16.5. The molecule has 0 unspecified atom stereocenters. The molecule has 0 aliphatic rings.